The van der Waals surface area contributed by atoms with E-state index in [0.717, 1.165) is 32.5 Å². The van der Waals surface area contributed by atoms with Gasteiger partial charge >= 0.3 is 0 Å². The zero-order valence-electron chi connectivity index (χ0n) is 8.38. The molecule has 0 aliphatic rings. The molecule has 2 rings (SSSR count). The average Bonchev–Trinajstić information content (AvgIpc) is 2.56. The highest BCUT2D eigenvalue weighted by molar-refractivity contribution is 7.99. The molecule has 0 bridgehead atoms. The molecule has 1 aromatic heterocycles. The second-order valence-corrected chi connectivity index (χ2v) is 4.85. The standard InChI is InChI=1S/C11H11ClN2S/c1-7(2)6-15-11-13-9-4-3-8(12)5-10(9)14-11/h3-5H,1,6H2,2H3,(H,13,14). The van der Waals surface area contributed by atoms with Crippen molar-refractivity contribution < 1.29 is 0 Å². The zero-order chi connectivity index (χ0) is 10.8. The molecule has 0 aliphatic carbocycles. The fraction of sp³-hybridized carbons (Fsp3) is 0.182. The Labute approximate surface area is 97.7 Å². The smallest absolute Gasteiger partial charge is 0.166 e. The molecule has 0 amide bonds. The predicted molar refractivity (Wildman–Crippen MR) is 66.6 cm³/mol. The maximum atomic E-state index is 5.89. The Morgan fingerprint density at radius 3 is 3.13 bits per heavy atom. The third kappa shape index (κ3) is 2.55. The van der Waals surface area contributed by atoms with Gasteiger partial charge in [0.2, 0.25) is 0 Å². The summed E-state index contributed by atoms with van der Waals surface area (Å²) in [5.41, 5.74) is 3.06. The maximum Gasteiger partial charge on any atom is 0.166 e. The minimum Gasteiger partial charge on any atom is -0.333 e. The van der Waals surface area contributed by atoms with E-state index in [1.165, 1.54) is 0 Å². The number of nitrogens with zero attached hydrogens (tertiary/aromatic N) is 1. The second kappa shape index (κ2) is 4.29. The van der Waals surface area contributed by atoms with Crippen molar-refractivity contribution >= 4 is 34.4 Å². The minimum absolute atomic E-state index is 0.725. The summed E-state index contributed by atoms with van der Waals surface area (Å²) in [5, 5.41) is 1.64. The molecule has 4 heteroatoms. The summed E-state index contributed by atoms with van der Waals surface area (Å²) in [6.45, 7) is 5.86. The fourth-order valence-electron chi connectivity index (χ4n) is 1.22. The number of aromatic nitrogens is 2. The van der Waals surface area contributed by atoms with Gasteiger partial charge in [0.05, 0.1) is 11.0 Å². The molecular weight excluding hydrogens is 228 g/mol. The second-order valence-electron chi connectivity index (χ2n) is 3.45. The topological polar surface area (TPSA) is 28.7 Å². The van der Waals surface area contributed by atoms with Crippen LogP contribution in [-0.2, 0) is 0 Å². The minimum atomic E-state index is 0.725. The highest BCUT2D eigenvalue weighted by atomic mass is 35.5. The highest BCUT2D eigenvalue weighted by Crippen LogP contribution is 2.22. The van der Waals surface area contributed by atoms with Crippen LogP contribution < -0.4 is 0 Å². The van der Waals surface area contributed by atoms with Crippen LogP contribution in [-0.4, -0.2) is 15.7 Å². The van der Waals surface area contributed by atoms with Crippen LogP contribution in [0.25, 0.3) is 11.0 Å². The molecule has 78 valence electrons. The first-order valence-electron chi connectivity index (χ1n) is 4.57. The van der Waals surface area contributed by atoms with Crippen molar-refractivity contribution in [1.82, 2.24) is 9.97 Å². The van der Waals surface area contributed by atoms with Gasteiger partial charge in [-0.1, -0.05) is 35.5 Å². The highest BCUT2D eigenvalue weighted by Gasteiger charge is 2.03. The van der Waals surface area contributed by atoms with Crippen molar-refractivity contribution in [3.63, 3.8) is 0 Å². The Bertz CT molecular complexity index is 504. The molecule has 0 atom stereocenters. The van der Waals surface area contributed by atoms with Crippen molar-refractivity contribution in [3.8, 4) is 0 Å². The number of H-pyrrole nitrogens is 1. The largest absolute Gasteiger partial charge is 0.333 e. The van der Waals surface area contributed by atoms with Gasteiger partial charge in [-0.3, -0.25) is 0 Å². The third-order valence-corrected chi connectivity index (χ3v) is 3.22. The van der Waals surface area contributed by atoms with Crippen LogP contribution in [0.4, 0.5) is 0 Å². The normalized spacial score (nSPS) is 10.8. The number of hydrogen-bond donors (Lipinski definition) is 1. The lowest BCUT2D eigenvalue weighted by molar-refractivity contribution is 1.08. The van der Waals surface area contributed by atoms with Crippen molar-refractivity contribution in [2.75, 3.05) is 5.75 Å². The van der Waals surface area contributed by atoms with Crippen LogP contribution in [0.2, 0.25) is 5.02 Å². The van der Waals surface area contributed by atoms with E-state index in [1.54, 1.807) is 11.8 Å². The Balaban J connectivity index is 2.27. The van der Waals surface area contributed by atoms with Crippen molar-refractivity contribution in [2.45, 2.75) is 12.1 Å². The van der Waals surface area contributed by atoms with Gasteiger partial charge in [-0.05, 0) is 25.1 Å². The lowest BCUT2D eigenvalue weighted by Crippen LogP contribution is -1.80. The molecule has 2 nitrogen and oxygen atoms in total. The number of thioether (sulfide) groups is 1. The van der Waals surface area contributed by atoms with Crippen LogP contribution >= 0.6 is 23.4 Å². The summed E-state index contributed by atoms with van der Waals surface area (Å²) in [4.78, 5) is 7.65. The Morgan fingerprint density at radius 1 is 1.60 bits per heavy atom. The number of nitrogens with one attached hydrogen (secondary N) is 1. The third-order valence-electron chi connectivity index (χ3n) is 1.88. The summed E-state index contributed by atoms with van der Waals surface area (Å²) in [5.74, 6) is 0.882. The summed E-state index contributed by atoms with van der Waals surface area (Å²) < 4.78 is 0. The summed E-state index contributed by atoms with van der Waals surface area (Å²) in [7, 11) is 0. The van der Waals surface area contributed by atoms with E-state index in [2.05, 4.69) is 16.5 Å². The van der Waals surface area contributed by atoms with Crippen LogP contribution in [0.3, 0.4) is 0 Å². The monoisotopic (exact) mass is 238 g/mol. The molecule has 0 aliphatic heterocycles. The van der Waals surface area contributed by atoms with Gasteiger partial charge in [0.25, 0.3) is 0 Å². The molecule has 0 radical (unpaired) electrons. The fourth-order valence-corrected chi connectivity index (χ4v) is 2.12. The molecule has 15 heavy (non-hydrogen) atoms. The number of halogens is 1. The number of rotatable bonds is 3. The summed E-state index contributed by atoms with van der Waals surface area (Å²) in [6.07, 6.45) is 0. The summed E-state index contributed by atoms with van der Waals surface area (Å²) >= 11 is 7.54. The van der Waals surface area contributed by atoms with E-state index in [4.69, 9.17) is 11.6 Å². The number of imidazole rings is 1. The number of hydrogen-bond acceptors (Lipinski definition) is 2. The van der Waals surface area contributed by atoms with Gasteiger partial charge in [-0.2, -0.15) is 0 Å². The van der Waals surface area contributed by atoms with E-state index in [0.29, 0.717) is 0 Å². The number of fused-ring (bicyclic) bond motifs is 1. The maximum absolute atomic E-state index is 5.89. The summed E-state index contributed by atoms with van der Waals surface area (Å²) in [6, 6.07) is 5.64. The quantitative estimate of drug-likeness (QED) is 0.649. The SMILES string of the molecule is C=C(C)CSc1nc2ccc(Cl)cc2[nH]1. The van der Waals surface area contributed by atoms with Crippen molar-refractivity contribution in [2.24, 2.45) is 0 Å². The Kier molecular flexibility index (Phi) is 3.03. The van der Waals surface area contributed by atoms with E-state index < -0.39 is 0 Å². The van der Waals surface area contributed by atoms with Gasteiger partial charge in [-0.15, -0.1) is 0 Å². The van der Waals surface area contributed by atoms with Crippen LogP contribution in [0, 0.1) is 0 Å². The molecule has 0 spiro atoms. The Hall–Kier alpha value is -0.930. The van der Waals surface area contributed by atoms with Gasteiger partial charge in [0, 0.05) is 10.8 Å². The van der Waals surface area contributed by atoms with Crippen LogP contribution in [0.5, 0.6) is 0 Å². The van der Waals surface area contributed by atoms with Gasteiger partial charge in [0.15, 0.2) is 5.16 Å². The molecule has 0 saturated carbocycles. The van der Waals surface area contributed by atoms with Crippen molar-refractivity contribution in [1.29, 1.82) is 0 Å². The first-order valence-corrected chi connectivity index (χ1v) is 5.94. The number of benzene rings is 1. The van der Waals surface area contributed by atoms with Gasteiger partial charge in [0.1, 0.15) is 0 Å². The first kappa shape index (κ1) is 10.6. The molecule has 2 aromatic rings. The van der Waals surface area contributed by atoms with Gasteiger partial charge < -0.3 is 4.98 Å². The lowest BCUT2D eigenvalue weighted by Gasteiger charge is -1.94. The van der Waals surface area contributed by atoms with E-state index in [1.807, 2.05) is 25.1 Å². The first-order chi connectivity index (χ1) is 7.15. The van der Waals surface area contributed by atoms with Crippen LogP contribution in [0.15, 0.2) is 35.5 Å². The van der Waals surface area contributed by atoms with E-state index >= 15 is 0 Å². The molecule has 1 N–H and O–H groups in total. The zero-order valence-corrected chi connectivity index (χ0v) is 9.95. The van der Waals surface area contributed by atoms with E-state index in [9.17, 15) is 0 Å². The molecular formula is C11H11ClN2S. The lowest BCUT2D eigenvalue weighted by atomic mass is 10.3. The van der Waals surface area contributed by atoms with E-state index in [-0.39, 0.29) is 0 Å². The van der Waals surface area contributed by atoms with Crippen molar-refractivity contribution in [3.05, 3.63) is 35.4 Å². The Morgan fingerprint density at radius 2 is 2.40 bits per heavy atom. The molecule has 1 aromatic carbocycles. The molecule has 0 fully saturated rings. The molecule has 0 saturated heterocycles. The number of aromatic amines is 1. The molecule has 1 heterocycles. The van der Waals surface area contributed by atoms with Gasteiger partial charge in [-0.25, -0.2) is 4.98 Å². The molecule has 0 unspecified atom stereocenters. The predicted octanol–water partition coefficient (Wildman–Crippen LogP) is 3.88. The van der Waals surface area contributed by atoms with Crippen LogP contribution in [0.1, 0.15) is 6.92 Å². The average molecular weight is 239 g/mol.